The first-order valence-electron chi connectivity index (χ1n) is 8.48. The highest BCUT2D eigenvalue weighted by atomic mass is 16.2. The summed E-state index contributed by atoms with van der Waals surface area (Å²) < 4.78 is 3.34. The van der Waals surface area contributed by atoms with Gasteiger partial charge in [0, 0.05) is 37.1 Å². The molecule has 134 valence electrons. The van der Waals surface area contributed by atoms with Crippen LogP contribution in [0.3, 0.4) is 0 Å². The summed E-state index contributed by atoms with van der Waals surface area (Å²) in [6.07, 6.45) is 6.55. The average molecular weight is 343 g/mol. The standard InChI is InChI=1S/C18H25N5O2/c1-5-6-7-10-23-14(3)16(13(2)21-23)11-19-20-18(25)15-8-9-17(24)22(4)12-15/h8-9,11-12H,5-7,10H2,1-4H3,(H,20,25). The third-order valence-electron chi connectivity index (χ3n) is 4.12. The monoisotopic (exact) mass is 343 g/mol. The molecular weight excluding hydrogens is 318 g/mol. The summed E-state index contributed by atoms with van der Waals surface area (Å²) in [6, 6.07) is 2.84. The van der Waals surface area contributed by atoms with Crippen LogP contribution in [0.1, 0.15) is 53.5 Å². The normalized spacial score (nSPS) is 11.2. The first-order chi connectivity index (χ1) is 11.9. The van der Waals surface area contributed by atoms with Crippen molar-refractivity contribution in [2.75, 3.05) is 0 Å². The van der Waals surface area contributed by atoms with Crippen LogP contribution in [0, 0.1) is 13.8 Å². The molecule has 2 heterocycles. The first kappa shape index (κ1) is 18.6. The van der Waals surface area contributed by atoms with E-state index in [-0.39, 0.29) is 11.5 Å². The molecule has 0 fully saturated rings. The third-order valence-corrected chi connectivity index (χ3v) is 4.12. The van der Waals surface area contributed by atoms with E-state index in [1.807, 2.05) is 18.5 Å². The number of unbranched alkanes of at least 4 members (excludes halogenated alkanes) is 2. The smallest absolute Gasteiger partial charge is 0.272 e. The number of nitrogens with one attached hydrogen (secondary N) is 1. The van der Waals surface area contributed by atoms with Gasteiger partial charge in [-0.3, -0.25) is 14.3 Å². The second kappa shape index (κ2) is 8.41. The van der Waals surface area contributed by atoms with E-state index in [0.29, 0.717) is 5.56 Å². The number of nitrogens with zero attached hydrogens (tertiary/aromatic N) is 4. The molecule has 0 unspecified atom stereocenters. The zero-order chi connectivity index (χ0) is 18.4. The van der Waals surface area contributed by atoms with Gasteiger partial charge in [0.1, 0.15) is 0 Å². The lowest BCUT2D eigenvalue weighted by molar-refractivity contribution is 0.0954. The van der Waals surface area contributed by atoms with Crippen molar-refractivity contribution in [3.05, 3.63) is 51.2 Å². The number of carbonyl (C=O) groups excluding carboxylic acids is 1. The van der Waals surface area contributed by atoms with E-state index < -0.39 is 0 Å². The summed E-state index contributed by atoms with van der Waals surface area (Å²) >= 11 is 0. The molecule has 1 amide bonds. The van der Waals surface area contributed by atoms with E-state index in [1.165, 1.54) is 35.7 Å². The summed E-state index contributed by atoms with van der Waals surface area (Å²) in [5.41, 5.74) is 5.53. The maximum atomic E-state index is 12.1. The van der Waals surface area contributed by atoms with Crippen LogP contribution in [-0.2, 0) is 13.6 Å². The van der Waals surface area contributed by atoms with Crippen molar-refractivity contribution in [3.8, 4) is 0 Å². The fraction of sp³-hybridized carbons (Fsp3) is 0.444. The molecule has 0 spiro atoms. The summed E-state index contributed by atoms with van der Waals surface area (Å²) in [5, 5.41) is 8.57. The van der Waals surface area contributed by atoms with Crippen LogP contribution >= 0.6 is 0 Å². The molecule has 2 rings (SSSR count). The van der Waals surface area contributed by atoms with Crippen molar-refractivity contribution in [2.24, 2.45) is 12.1 Å². The molecule has 0 aromatic carbocycles. The van der Waals surface area contributed by atoms with Gasteiger partial charge < -0.3 is 4.57 Å². The van der Waals surface area contributed by atoms with Crippen molar-refractivity contribution in [3.63, 3.8) is 0 Å². The lowest BCUT2D eigenvalue weighted by Gasteiger charge is -2.03. The van der Waals surface area contributed by atoms with Gasteiger partial charge in [-0.2, -0.15) is 10.2 Å². The van der Waals surface area contributed by atoms with E-state index in [1.54, 1.807) is 13.3 Å². The minimum atomic E-state index is -0.363. The number of hydrogen-bond acceptors (Lipinski definition) is 4. The van der Waals surface area contributed by atoms with E-state index in [2.05, 4.69) is 22.5 Å². The summed E-state index contributed by atoms with van der Waals surface area (Å²) in [6.45, 7) is 6.99. The van der Waals surface area contributed by atoms with Crippen molar-refractivity contribution < 1.29 is 4.79 Å². The van der Waals surface area contributed by atoms with Gasteiger partial charge in [-0.1, -0.05) is 19.8 Å². The lowest BCUT2D eigenvalue weighted by atomic mass is 10.2. The van der Waals surface area contributed by atoms with Crippen LogP contribution in [0.2, 0.25) is 0 Å². The Morgan fingerprint density at radius 2 is 2.08 bits per heavy atom. The van der Waals surface area contributed by atoms with Gasteiger partial charge in [0.25, 0.3) is 5.91 Å². The predicted molar refractivity (Wildman–Crippen MR) is 98.0 cm³/mol. The summed E-state index contributed by atoms with van der Waals surface area (Å²) in [4.78, 5) is 23.4. The van der Waals surface area contributed by atoms with Crippen LogP contribution in [0.15, 0.2) is 28.2 Å². The molecule has 2 aromatic heterocycles. The Morgan fingerprint density at radius 3 is 2.76 bits per heavy atom. The van der Waals surface area contributed by atoms with Crippen molar-refractivity contribution >= 4 is 12.1 Å². The largest absolute Gasteiger partial charge is 0.318 e. The number of pyridine rings is 1. The Balaban J connectivity index is 2.05. The summed E-state index contributed by atoms with van der Waals surface area (Å²) in [5.74, 6) is -0.363. The highest BCUT2D eigenvalue weighted by molar-refractivity contribution is 5.94. The van der Waals surface area contributed by atoms with Crippen LogP contribution in [0.4, 0.5) is 0 Å². The maximum Gasteiger partial charge on any atom is 0.272 e. The molecule has 7 heteroatoms. The highest BCUT2D eigenvalue weighted by Crippen LogP contribution is 2.12. The SMILES string of the molecule is CCCCCn1nc(C)c(C=NNC(=O)c2ccc(=O)n(C)c2)c1C. The molecule has 1 N–H and O–H groups in total. The quantitative estimate of drug-likeness (QED) is 0.475. The van der Waals surface area contributed by atoms with Crippen LogP contribution < -0.4 is 11.0 Å². The molecular formula is C18H25N5O2. The van der Waals surface area contributed by atoms with Crippen molar-refractivity contribution in [1.82, 2.24) is 19.8 Å². The Labute approximate surface area is 147 Å². The second-order valence-electron chi connectivity index (χ2n) is 6.08. The molecule has 0 radical (unpaired) electrons. The maximum absolute atomic E-state index is 12.1. The molecule has 0 aliphatic carbocycles. The molecule has 0 aliphatic heterocycles. The Kier molecular flexibility index (Phi) is 6.27. The second-order valence-corrected chi connectivity index (χ2v) is 6.08. The molecule has 7 nitrogen and oxygen atoms in total. The van der Waals surface area contributed by atoms with Gasteiger partial charge in [-0.25, -0.2) is 5.43 Å². The average Bonchev–Trinajstić information content (AvgIpc) is 2.85. The number of hydrogen-bond donors (Lipinski definition) is 1. The van der Waals surface area contributed by atoms with Gasteiger partial charge in [-0.05, 0) is 26.3 Å². The molecule has 25 heavy (non-hydrogen) atoms. The minimum Gasteiger partial charge on any atom is -0.318 e. The molecule has 0 atom stereocenters. The highest BCUT2D eigenvalue weighted by Gasteiger charge is 2.10. The first-order valence-corrected chi connectivity index (χ1v) is 8.48. The fourth-order valence-corrected chi connectivity index (χ4v) is 2.58. The zero-order valence-electron chi connectivity index (χ0n) is 15.2. The van der Waals surface area contributed by atoms with E-state index in [4.69, 9.17) is 0 Å². The van der Waals surface area contributed by atoms with E-state index in [0.717, 1.165) is 29.9 Å². The number of aromatic nitrogens is 3. The van der Waals surface area contributed by atoms with Gasteiger partial charge >= 0.3 is 0 Å². The van der Waals surface area contributed by atoms with Crippen LogP contribution in [-0.4, -0.2) is 26.5 Å². The number of rotatable bonds is 7. The van der Waals surface area contributed by atoms with Gasteiger partial charge in [0.15, 0.2) is 0 Å². The van der Waals surface area contributed by atoms with Gasteiger partial charge in [0.2, 0.25) is 5.56 Å². The van der Waals surface area contributed by atoms with Crippen molar-refractivity contribution in [2.45, 2.75) is 46.6 Å². The molecule has 2 aromatic rings. The summed E-state index contributed by atoms with van der Waals surface area (Å²) in [7, 11) is 1.60. The fourth-order valence-electron chi connectivity index (χ4n) is 2.58. The van der Waals surface area contributed by atoms with E-state index >= 15 is 0 Å². The Bertz CT molecular complexity index is 832. The zero-order valence-corrected chi connectivity index (χ0v) is 15.2. The molecule has 0 saturated carbocycles. The topological polar surface area (TPSA) is 81.3 Å². The Hall–Kier alpha value is -2.70. The van der Waals surface area contributed by atoms with Gasteiger partial charge in [-0.15, -0.1) is 0 Å². The van der Waals surface area contributed by atoms with Crippen molar-refractivity contribution in [1.29, 1.82) is 0 Å². The van der Waals surface area contributed by atoms with Crippen LogP contribution in [0.25, 0.3) is 0 Å². The number of carbonyl (C=O) groups is 1. The predicted octanol–water partition coefficient (Wildman–Crippen LogP) is 2.15. The Morgan fingerprint density at radius 1 is 1.32 bits per heavy atom. The number of hydrazone groups is 1. The van der Waals surface area contributed by atoms with E-state index in [9.17, 15) is 9.59 Å². The number of aryl methyl sites for hydroxylation is 3. The number of amides is 1. The van der Waals surface area contributed by atoms with Gasteiger partial charge in [0.05, 0.1) is 17.5 Å². The minimum absolute atomic E-state index is 0.165. The van der Waals surface area contributed by atoms with Crippen LogP contribution in [0.5, 0.6) is 0 Å². The molecule has 0 saturated heterocycles. The lowest BCUT2D eigenvalue weighted by Crippen LogP contribution is -2.22. The third kappa shape index (κ3) is 4.65. The molecule has 0 aliphatic rings. The molecule has 0 bridgehead atoms.